The SMILES string of the molecule is COCCN(CCNCc1cc(Br)cs1)C(C)C1CC1. The average molecular weight is 361 g/mol. The van der Waals surface area contributed by atoms with E-state index in [-0.39, 0.29) is 0 Å². The van der Waals surface area contributed by atoms with Gasteiger partial charge in [0.2, 0.25) is 0 Å². The zero-order chi connectivity index (χ0) is 14.4. The number of halogens is 1. The maximum absolute atomic E-state index is 5.24. The first kappa shape index (κ1) is 16.4. The van der Waals surface area contributed by atoms with E-state index in [1.807, 2.05) is 0 Å². The molecule has 1 atom stereocenters. The quantitative estimate of drug-likeness (QED) is 0.647. The number of nitrogens with zero attached hydrogens (tertiary/aromatic N) is 1. The third kappa shape index (κ3) is 5.45. The minimum Gasteiger partial charge on any atom is -0.383 e. The standard InChI is InChI=1S/C15H25BrN2OS/c1-12(13-3-4-13)18(7-8-19-2)6-5-17-10-15-9-14(16)11-20-15/h9,11-13,17H,3-8,10H2,1-2H3. The van der Waals surface area contributed by atoms with E-state index in [0.717, 1.165) is 38.7 Å². The molecular weight excluding hydrogens is 336 g/mol. The fourth-order valence-corrected chi connectivity index (χ4v) is 3.91. The zero-order valence-electron chi connectivity index (χ0n) is 12.4. The van der Waals surface area contributed by atoms with Crippen molar-refractivity contribution >= 4 is 27.3 Å². The van der Waals surface area contributed by atoms with Crippen LogP contribution in [0.3, 0.4) is 0 Å². The summed E-state index contributed by atoms with van der Waals surface area (Å²) in [6.45, 7) is 7.34. The van der Waals surface area contributed by atoms with Gasteiger partial charge in [0.25, 0.3) is 0 Å². The van der Waals surface area contributed by atoms with E-state index in [9.17, 15) is 0 Å². The van der Waals surface area contributed by atoms with Gasteiger partial charge in [0.05, 0.1) is 6.61 Å². The van der Waals surface area contributed by atoms with Crippen LogP contribution in [0.5, 0.6) is 0 Å². The molecule has 1 N–H and O–H groups in total. The van der Waals surface area contributed by atoms with Crippen LogP contribution < -0.4 is 5.32 Å². The van der Waals surface area contributed by atoms with Crippen LogP contribution in [0.2, 0.25) is 0 Å². The lowest BCUT2D eigenvalue weighted by atomic mass is 10.2. The van der Waals surface area contributed by atoms with Crippen molar-refractivity contribution in [3.8, 4) is 0 Å². The number of ether oxygens (including phenoxy) is 1. The molecule has 0 saturated heterocycles. The third-order valence-corrected chi connectivity index (χ3v) is 5.66. The smallest absolute Gasteiger partial charge is 0.0589 e. The van der Waals surface area contributed by atoms with Crippen LogP contribution in [0, 0.1) is 5.92 Å². The molecule has 0 aromatic carbocycles. The molecule has 20 heavy (non-hydrogen) atoms. The van der Waals surface area contributed by atoms with E-state index in [4.69, 9.17) is 4.74 Å². The summed E-state index contributed by atoms with van der Waals surface area (Å²) >= 11 is 5.30. The highest BCUT2D eigenvalue weighted by Crippen LogP contribution is 2.34. The van der Waals surface area contributed by atoms with Gasteiger partial charge in [-0.3, -0.25) is 4.90 Å². The highest BCUT2D eigenvalue weighted by Gasteiger charge is 2.31. The van der Waals surface area contributed by atoms with Gasteiger partial charge in [0.15, 0.2) is 0 Å². The average Bonchev–Trinajstić information content (AvgIpc) is 3.21. The molecule has 114 valence electrons. The fourth-order valence-electron chi connectivity index (χ4n) is 2.49. The van der Waals surface area contributed by atoms with Gasteiger partial charge < -0.3 is 10.1 Å². The van der Waals surface area contributed by atoms with Crippen molar-refractivity contribution in [3.63, 3.8) is 0 Å². The van der Waals surface area contributed by atoms with Crippen molar-refractivity contribution in [1.29, 1.82) is 0 Å². The zero-order valence-corrected chi connectivity index (χ0v) is 14.8. The van der Waals surface area contributed by atoms with E-state index in [2.05, 4.69) is 44.5 Å². The molecule has 1 aromatic heterocycles. The molecular formula is C15H25BrN2OS. The summed E-state index contributed by atoms with van der Waals surface area (Å²) in [5.74, 6) is 0.917. The van der Waals surface area contributed by atoms with E-state index < -0.39 is 0 Å². The van der Waals surface area contributed by atoms with Crippen molar-refractivity contribution < 1.29 is 4.74 Å². The van der Waals surface area contributed by atoms with Crippen molar-refractivity contribution in [2.24, 2.45) is 5.92 Å². The molecule has 1 aromatic rings. The van der Waals surface area contributed by atoms with E-state index in [0.29, 0.717) is 6.04 Å². The lowest BCUT2D eigenvalue weighted by Crippen LogP contribution is -2.41. The highest BCUT2D eigenvalue weighted by molar-refractivity contribution is 9.10. The highest BCUT2D eigenvalue weighted by atomic mass is 79.9. The Bertz CT molecular complexity index is 395. The molecule has 1 heterocycles. The lowest BCUT2D eigenvalue weighted by molar-refractivity contribution is 0.117. The maximum atomic E-state index is 5.24. The molecule has 1 fully saturated rings. The monoisotopic (exact) mass is 360 g/mol. The summed E-state index contributed by atoms with van der Waals surface area (Å²) in [5, 5.41) is 5.68. The number of hydrogen-bond acceptors (Lipinski definition) is 4. The Morgan fingerprint density at radius 1 is 1.50 bits per heavy atom. The summed E-state index contributed by atoms with van der Waals surface area (Å²) in [6.07, 6.45) is 2.81. The Hall–Kier alpha value is 0.0600. The fraction of sp³-hybridized carbons (Fsp3) is 0.733. The maximum Gasteiger partial charge on any atom is 0.0589 e. The molecule has 1 aliphatic carbocycles. The molecule has 0 spiro atoms. The first-order valence-electron chi connectivity index (χ1n) is 7.37. The van der Waals surface area contributed by atoms with Gasteiger partial charge in [0, 0.05) is 54.1 Å². The molecule has 1 aliphatic rings. The van der Waals surface area contributed by atoms with Crippen LogP contribution >= 0.6 is 27.3 Å². The second-order valence-corrected chi connectivity index (χ2v) is 7.43. The minimum absolute atomic E-state index is 0.697. The Morgan fingerprint density at radius 2 is 2.30 bits per heavy atom. The Labute approximate surface area is 134 Å². The lowest BCUT2D eigenvalue weighted by Gasteiger charge is -2.29. The summed E-state index contributed by atoms with van der Waals surface area (Å²) in [5.41, 5.74) is 0. The second kappa shape index (κ2) is 8.49. The van der Waals surface area contributed by atoms with Gasteiger partial charge in [-0.1, -0.05) is 0 Å². The van der Waals surface area contributed by atoms with Gasteiger partial charge in [-0.25, -0.2) is 0 Å². The van der Waals surface area contributed by atoms with E-state index in [1.54, 1.807) is 18.4 Å². The van der Waals surface area contributed by atoms with Crippen LogP contribution in [0.25, 0.3) is 0 Å². The Balaban J connectivity index is 1.67. The Kier molecular flexibility index (Phi) is 6.97. The van der Waals surface area contributed by atoms with Gasteiger partial charge in [-0.05, 0) is 47.7 Å². The molecule has 2 rings (SSSR count). The van der Waals surface area contributed by atoms with Crippen molar-refractivity contribution in [2.75, 3.05) is 33.4 Å². The molecule has 5 heteroatoms. The van der Waals surface area contributed by atoms with Crippen LogP contribution in [-0.4, -0.2) is 44.3 Å². The molecule has 0 aliphatic heterocycles. The summed E-state index contributed by atoms with van der Waals surface area (Å²) < 4.78 is 6.42. The molecule has 3 nitrogen and oxygen atoms in total. The summed E-state index contributed by atoms with van der Waals surface area (Å²) in [6, 6.07) is 2.88. The van der Waals surface area contributed by atoms with Crippen molar-refractivity contribution in [1.82, 2.24) is 10.2 Å². The van der Waals surface area contributed by atoms with Crippen LogP contribution in [-0.2, 0) is 11.3 Å². The molecule has 0 bridgehead atoms. The normalized spacial score (nSPS) is 16.8. The number of thiophene rings is 1. The van der Waals surface area contributed by atoms with Crippen molar-refractivity contribution in [2.45, 2.75) is 32.4 Å². The molecule has 0 amide bonds. The number of rotatable bonds is 10. The predicted molar refractivity (Wildman–Crippen MR) is 89.4 cm³/mol. The first-order valence-corrected chi connectivity index (χ1v) is 9.04. The summed E-state index contributed by atoms with van der Waals surface area (Å²) in [7, 11) is 1.78. The molecule has 1 unspecified atom stereocenters. The number of nitrogens with one attached hydrogen (secondary N) is 1. The molecule has 1 saturated carbocycles. The Morgan fingerprint density at radius 3 is 2.90 bits per heavy atom. The van der Waals surface area contributed by atoms with E-state index >= 15 is 0 Å². The topological polar surface area (TPSA) is 24.5 Å². The predicted octanol–water partition coefficient (Wildman–Crippen LogP) is 3.35. The third-order valence-electron chi connectivity index (χ3n) is 3.96. The van der Waals surface area contributed by atoms with Gasteiger partial charge in [0.1, 0.15) is 0 Å². The van der Waals surface area contributed by atoms with Crippen LogP contribution in [0.1, 0.15) is 24.6 Å². The number of methoxy groups -OCH3 is 1. The van der Waals surface area contributed by atoms with Gasteiger partial charge >= 0.3 is 0 Å². The van der Waals surface area contributed by atoms with Crippen LogP contribution in [0.4, 0.5) is 0 Å². The minimum atomic E-state index is 0.697. The first-order chi connectivity index (χ1) is 9.70. The van der Waals surface area contributed by atoms with Crippen LogP contribution in [0.15, 0.2) is 15.9 Å². The van der Waals surface area contributed by atoms with Gasteiger partial charge in [-0.15, -0.1) is 11.3 Å². The second-order valence-electron chi connectivity index (χ2n) is 5.51. The van der Waals surface area contributed by atoms with Crippen molar-refractivity contribution in [3.05, 3.63) is 20.8 Å². The largest absolute Gasteiger partial charge is 0.383 e. The van der Waals surface area contributed by atoms with E-state index in [1.165, 1.54) is 22.2 Å². The van der Waals surface area contributed by atoms with Gasteiger partial charge in [-0.2, -0.15) is 0 Å². The number of hydrogen-bond donors (Lipinski definition) is 1. The molecule has 0 radical (unpaired) electrons. The summed E-state index contributed by atoms with van der Waals surface area (Å²) in [4.78, 5) is 3.95.